The van der Waals surface area contributed by atoms with Crippen molar-refractivity contribution in [1.29, 1.82) is 0 Å². The molecule has 0 amide bonds. The van der Waals surface area contributed by atoms with Gasteiger partial charge >= 0.3 is 0 Å². The largest absolute Gasteiger partial charge is 0.382 e. The summed E-state index contributed by atoms with van der Waals surface area (Å²) in [6, 6.07) is 10.2. The summed E-state index contributed by atoms with van der Waals surface area (Å²) in [4.78, 5) is 8.46. The Morgan fingerprint density at radius 3 is 1.76 bits per heavy atom. The topological polar surface area (TPSA) is 145 Å². The van der Waals surface area contributed by atoms with Gasteiger partial charge < -0.3 is 11.5 Å². The molecule has 0 aliphatic heterocycles. The molecule has 2 aromatic carbocycles. The zero-order chi connectivity index (χ0) is 23.7. The second kappa shape index (κ2) is 9.36. The highest BCUT2D eigenvalue weighted by Crippen LogP contribution is 2.35. The SMILES string of the molecule is CN(Nc1nnc(-c2cccc(Cl)c2Cl)c(N)n1)c1nnc(-c2cccc(Cl)c2Cl)c(N)n1. The lowest BCUT2D eigenvalue weighted by atomic mass is 10.1. The van der Waals surface area contributed by atoms with E-state index in [-0.39, 0.29) is 23.5 Å². The van der Waals surface area contributed by atoms with Crippen LogP contribution in [0.25, 0.3) is 22.5 Å². The van der Waals surface area contributed by atoms with E-state index in [1.807, 2.05) is 0 Å². The Morgan fingerprint density at radius 2 is 1.24 bits per heavy atom. The lowest BCUT2D eigenvalue weighted by Crippen LogP contribution is -2.29. The Bertz CT molecular complexity index is 1350. The van der Waals surface area contributed by atoms with Gasteiger partial charge in [0.2, 0.25) is 0 Å². The molecule has 4 aromatic rings. The van der Waals surface area contributed by atoms with Gasteiger partial charge in [-0.15, -0.1) is 20.4 Å². The smallest absolute Gasteiger partial charge is 0.265 e. The molecule has 2 heterocycles. The van der Waals surface area contributed by atoms with Crippen molar-refractivity contribution in [3.05, 3.63) is 56.5 Å². The molecule has 0 spiro atoms. The summed E-state index contributed by atoms with van der Waals surface area (Å²) < 4.78 is 0. The number of aromatic nitrogens is 6. The van der Waals surface area contributed by atoms with Gasteiger partial charge in [0.15, 0.2) is 11.6 Å². The molecule has 5 N–H and O–H groups in total. The summed E-state index contributed by atoms with van der Waals surface area (Å²) in [5.41, 5.74) is 16.6. The lowest BCUT2D eigenvalue weighted by Gasteiger charge is -2.18. The van der Waals surface area contributed by atoms with Crippen molar-refractivity contribution in [1.82, 2.24) is 30.4 Å². The molecule has 0 bridgehead atoms. The predicted molar refractivity (Wildman–Crippen MR) is 131 cm³/mol. The number of nitrogens with zero attached hydrogens (tertiary/aromatic N) is 7. The maximum absolute atomic E-state index is 6.24. The number of hydrogen-bond acceptors (Lipinski definition) is 10. The Balaban J connectivity index is 1.57. The molecule has 0 saturated carbocycles. The Kier molecular flexibility index (Phi) is 6.52. The van der Waals surface area contributed by atoms with Gasteiger partial charge in [-0.1, -0.05) is 70.7 Å². The number of anilines is 4. The van der Waals surface area contributed by atoms with Crippen molar-refractivity contribution in [3.63, 3.8) is 0 Å². The molecule has 0 unspecified atom stereocenters. The van der Waals surface area contributed by atoms with Crippen LogP contribution >= 0.6 is 46.4 Å². The molecule has 0 saturated heterocycles. The highest BCUT2D eigenvalue weighted by atomic mass is 35.5. The lowest BCUT2D eigenvalue weighted by molar-refractivity contribution is 0.881. The van der Waals surface area contributed by atoms with Crippen LogP contribution in [0.1, 0.15) is 0 Å². The third-order valence-electron chi connectivity index (χ3n) is 4.40. The highest BCUT2D eigenvalue weighted by Gasteiger charge is 2.17. The van der Waals surface area contributed by atoms with E-state index in [0.717, 1.165) is 0 Å². The summed E-state index contributed by atoms with van der Waals surface area (Å²) in [6.07, 6.45) is 0. The number of nitrogens with two attached hydrogens (primary N) is 2. The quantitative estimate of drug-likeness (QED) is 0.316. The monoisotopic (exact) mass is 522 g/mol. The van der Waals surface area contributed by atoms with Gasteiger partial charge in [-0.25, -0.2) is 0 Å². The van der Waals surface area contributed by atoms with E-state index in [0.29, 0.717) is 42.6 Å². The van der Waals surface area contributed by atoms with Crippen molar-refractivity contribution in [2.24, 2.45) is 0 Å². The van der Waals surface area contributed by atoms with E-state index in [2.05, 4.69) is 35.8 Å². The summed E-state index contributed by atoms with van der Waals surface area (Å²) in [5, 5.41) is 19.1. The number of hydrogen-bond donors (Lipinski definition) is 3. The number of rotatable bonds is 5. The molecule has 4 rings (SSSR count). The van der Waals surface area contributed by atoms with Crippen molar-refractivity contribution >= 4 is 69.9 Å². The summed E-state index contributed by atoms with van der Waals surface area (Å²) in [6.45, 7) is 0. The minimum absolute atomic E-state index is 0.0843. The standard InChI is InChI=1S/C19H14Cl4N10/c1-33(19-27-17(25)15(29-31-19)9-5-3-7-11(21)13(9)23)32-18-26-16(24)14(28-30-18)8-4-2-6-10(20)12(8)22/h2-7H,1H3,(H2,25,27,31)(H3,24,26,30,32). The van der Waals surface area contributed by atoms with E-state index in [4.69, 9.17) is 57.9 Å². The van der Waals surface area contributed by atoms with Gasteiger partial charge in [0.25, 0.3) is 11.9 Å². The van der Waals surface area contributed by atoms with Crippen LogP contribution < -0.4 is 21.9 Å². The maximum atomic E-state index is 6.24. The number of hydrazine groups is 1. The van der Waals surface area contributed by atoms with Crippen molar-refractivity contribution in [2.45, 2.75) is 0 Å². The fraction of sp³-hybridized carbons (Fsp3) is 0.0526. The van der Waals surface area contributed by atoms with Crippen LogP contribution in [0, 0.1) is 0 Å². The first kappa shape index (κ1) is 23.0. The Hall–Kier alpha value is -3.18. The van der Waals surface area contributed by atoms with Gasteiger partial charge in [0.05, 0.1) is 20.1 Å². The molecule has 14 heteroatoms. The average Bonchev–Trinajstić information content (AvgIpc) is 2.78. The third kappa shape index (κ3) is 4.64. The normalized spacial score (nSPS) is 10.8. The van der Waals surface area contributed by atoms with Gasteiger partial charge in [0.1, 0.15) is 11.4 Å². The van der Waals surface area contributed by atoms with Gasteiger partial charge in [0, 0.05) is 18.2 Å². The molecule has 33 heavy (non-hydrogen) atoms. The predicted octanol–water partition coefficient (Wildman–Crippen LogP) is 4.63. The Labute approximate surface area is 207 Å². The zero-order valence-corrected chi connectivity index (χ0v) is 19.8. The maximum Gasteiger partial charge on any atom is 0.265 e. The highest BCUT2D eigenvalue weighted by molar-refractivity contribution is 6.44. The summed E-state index contributed by atoms with van der Waals surface area (Å²) in [7, 11) is 1.61. The first-order valence-corrected chi connectivity index (χ1v) is 10.7. The van der Waals surface area contributed by atoms with E-state index in [1.165, 1.54) is 5.01 Å². The number of nitrogens with one attached hydrogen (secondary N) is 1. The van der Waals surface area contributed by atoms with E-state index in [1.54, 1.807) is 43.4 Å². The van der Waals surface area contributed by atoms with E-state index < -0.39 is 0 Å². The summed E-state index contributed by atoms with van der Waals surface area (Å²) >= 11 is 24.6. The van der Waals surface area contributed by atoms with Crippen LogP contribution in [0.3, 0.4) is 0 Å². The molecule has 2 aromatic heterocycles. The van der Waals surface area contributed by atoms with Gasteiger partial charge in [-0.05, 0) is 12.1 Å². The van der Waals surface area contributed by atoms with Crippen molar-refractivity contribution < 1.29 is 0 Å². The first-order chi connectivity index (χ1) is 15.8. The molecule has 0 fully saturated rings. The van der Waals surface area contributed by atoms with Gasteiger partial charge in [-0.3, -0.25) is 10.4 Å². The first-order valence-electron chi connectivity index (χ1n) is 9.15. The van der Waals surface area contributed by atoms with Crippen LogP contribution in [0.4, 0.5) is 23.5 Å². The molecule has 168 valence electrons. The molecule has 0 radical (unpaired) electrons. The second-order valence-electron chi connectivity index (χ2n) is 6.59. The second-order valence-corrected chi connectivity index (χ2v) is 8.16. The fourth-order valence-corrected chi connectivity index (χ4v) is 3.59. The number of benzene rings is 2. The molecular formula is C19H14Cl4N10. The van der Waals surface area contributed by atoms with E-state index in [9.17, 15) is 0 Å². The zero-order valence-electron chi connectivity index (χ0n) is 16.8. The third-order valence-corrected chi connectivity index (χ3v) is 6.04. The fourth-order valence-electron chi connectivity index (χ4n) is 2.81. The van der Waals surface area contributed by atoms with Crippen molar-refractivity contribution in [2.75, 3.05) is 28.9 Å². The molecule has 0 aliphatic rings. The van der Waals surface area contributed by atoms with E-state index >= 15 is 0 Å². The van der Waals surface area contributed by atoms with Crippen molar-refractivity contribution in [3.8, 4) is 22.5 Å². The average molecular weight is 524 g/mol. The molecular weight excluding hydrogens is 510 g/mol. The minimum atomic E-state index is 0.0843. The van der Waals surface area contributed by atoms with Crippen LogP contribution in [0.5, 0.6) is 0 Å². The Morgan fingerprint density at radius 1 is 0.727 bits per heavy atom. The van der Waals surface area contributed by atoms with Gasteiger partial charge in [-0.2, -0.15) is 9.97 Å². The molecule has 0 aliphatic carbocycles. The molecule has 10 nitrogen and oxygen atoms in total. The van der Waals surface area contributed by atoms with Crippen LogP contribution in [0.15, 0.2) is 36.4 Å². The number of halogens is 4. The van der Waals surface area contributed by atoms with Crippen LogP contribution in [-0.4, -0.2) is 37.4 Å². The molecule has 0 atom stereocenters. The number of nitrogen functional groups attached to an aromatic ring is 2. The van der Waals surface area contributed by atoms with Crippen LogP contribution in [-0.2, 0) is 0 Å². The minimum Gasteiger partial charge on any atom is -0.382 e. The van der Waals surface area contributed by atoms with Crippen LogP contribution in [0.2, 0.25) is 20.1 Å². The summed E-state index contributed by atoms with van der Waals surface area (Å²) in [5.74, 6) is 0.413.